The van der Waals surface area contributed by atoms with Gasteiger partial charge in [-0.1, -0.05) is 12.1 Å². The van der Waals surface area contributed by atoms with Gasteiger partial charge in [0.1, 0.15) is 5.75 Å². The maximum Gasteiger partial charge on any atom is 0.277 e. The van der Waals surface area contributed by atoms with E-state index >= 15 is 0 Å². The van der Waals surface area contributed by atoms with Crippen molar-refractivity contribution in [3.63, 3.8) is 0 Å². The molecular weight excluding hydrogens is 362 g/mol. The van der Waals surface area contributed by atoms with Crippen molar-refractivity contribution in [2.24, 2.45) is 0 Å². The minimum absolute atomic E-state index is 0.251. The number of amides is 1. The third kappa shape index (κ3) is 3.86. The normalized spacial score (nSPS) is 16.9. The number of para-hydroxylation sites is 1. The largest absolute Gasteiger partial charge is 0.496 e. The lowest BCUT2D eigenvalue weighted by molar-refractivity contribution is 0.102. The Morgan fingerprint density at radius 3 is 3.07 bits per heavy atom. The summed E-state index contributed by atoms with van der Waals surface area (Å²) >= 11 is 1.38. The highest BCUT2D eigenvalue weighted by atomic mass is 32.1. The maximum atomic E-state index is 12.5. The number of nitrogens with zero attached hydrogens (tertiary/aromatic N) is 3. The van der Waals surface area contributed by atoms with Gasteiger partial charge in [0.2, 0.25) is 0 Å². The first-order chi connectivity index (χ1) is 13.2. The SMILES string of the molecule is COc1ccccc1-c1csc(NC(=O)c2ccn(C3CCCNC3)n2)n1. The van der Waals surface area contributed by atoms with Crippen molar-refractivity contribution in [3.8, 4) is 17.0 Å². The second-order valence-electron chi connectivity index (χ2n) is 6.37. The first-order valence-electron chi connectivity index (χ1n) is 8.91. The van der Waals surface area contributed by atoms with Crippen LogP contribution in [-0.4, -0.2) is 40.9 Å². The molecule has 1 fully saturated rings. The van der Waals surface area contributed by atoms with Gasteiger partial charge in [0, 0.05) is 23.7 Å². The first kappa shape index (κ1) is 17.7. The molecule has 3 heterocycles. The van der Waals surface area contributed by atoms with E-state index in [1.807, 2.05) is 40.5 Å². The van der Waals surface area contributed by atoms with Gasteiger partial charge >= 0.3 is 0 Å². The van der Waals surface area contributed by atoms with Crippen LogP contribution >= 0.6 is 11.3 Å². The molecule has 140 valence electrons. The van der Waals surface area contributed by atoms with Crippen LogP contribution in [0.15, 0.2) is 41.9 Å². The molecule has 1 aliphatic rings. The highest BCUT2D eigenvalue weighted by Crippen LogP contribution is 2.32. The quantitative estimate of drug-likeness (QED) is 0.707. The number of methoxy groups -OCH3 is 1. The Kier molecular flexibility index (Phi) is 5.17. The number of anilines is 1. The minimum Gasteiger partial charge on any atom is -0.496 e. The van der Waals surface area contributed by atoms with Crippen LogP contribution < -0.4 is 15.4 Å². The molecule has 0 aliphatic carbocycles. The summed E-state index contributed by atoms with van der Waals surface area (Å²) in [5, 5.41) is 13.1. The average Bonchev–Trinajstić information content (AvgIpc) is 3.38. The fraction of sp³-hybridized carbons (Fsp3) is 0.316. The summed E-state index contributed by atoms with van der Waals surface area (Å²) in [5.41, 5.74) is 2.06. The molecule has 27 heavy (non-hydrogen) atoms. The van der Waals surface area contributed by atoms with Crippen LogP contribution in [0.5, 0.6) is 5.75 Å². The Balaban J connectivity index is 1.46. The number of aromatic nitrogens is 3. The molecule has 3 aromatic rings. The predicted octanol–water partition coefficient (Wildman–Crippen LogP) is 3.19. The number of carbonyl (C=O) groups is 1. The Labute approximate surface area is 161 Å². The van der Waals surface area contributed by atoms with E-state index in [4.69, 9.17) is 4.74 Å². The molecule has 1 aliphatic heterocycles. The third-order valence-corrected chi connectivity index (χ3v) is 5.35. The molecule has 1 amide bonds. The van der Waals surface area contributed by atoms with E-state index in [1.165, 1.54) is 11.3 Å². The Hall–Kier alpha value is -2.71. The number of thiazole rings is 1. The standard InChI is InChI=1S/C19H21N5O2S/c1-26-17-7-3-2-6-14(17)16-12-27-19(21-16)22-18(25)15-8-10-24(23-15)13-5-4-9-20-11-13/h2-3,6-8,10,12-13,20H,4-5,9,11H2,1H3,(H,21,22,25). The molecule has 7 nitrogen and oxygen atoms in total. The lowest BCUT2D eigenvalue weighted by atomic mass is 10.1. The fourth-order valence-electron chi connectivity index (χ4n) is 3.19. The molecule has 8 heteroatoms. The molecule has 0 spiro atoms. The summed E-state index contributed by atoms with van der Waals surface area (Å²) in [6, 6.07) is 9.73. The molecule has 4 rings (SSSR count). The molecule has 1 aromatic carbocycles. The zero-order chi connectivity index (χ0) is 18.6. The molecular formula is C19H21N5O2S. The zero-order valence-electron chi connectivity index (χ0n) is 15.0. The van der Waals surface area contributed by atoms with Gasteiger partial charge < -0.3 is 10.1 Å². The number of ether oxygens (including phenoxy) is 1. The smallest absolute Gasteiger partial charge is 0.277 e. The van der Waals surface area contributed by atoms with Crippen LogP contribution in [0, 0.1) is 0 Å². The van der Waals surface area contributed by atoms with Crippen LogP contribution in [0.4, 0.5) is 5.13 Å². The predicted molar refractivity (Wildman–Crippen MR) is 105 cm³/mol. The lowest BCUT2D eigenvalue weighted by Gasteiger charge is -2.22. The second kappa shape index (κ2) is 7.89. The number of benzene rings is 1. The Morgan fingerprint density at radius 1 is 1.37 bits per heavy atom. The first-order valence-corrected chi connectivity index (χ1v) is 9.78. The van der Waals surface area contributed by atoms with Gasteiger partial charge in [-0.3, -0.25) is 14.8 Å². The van der Waals surface area contributed by atoms with E-state index in [0.29, 0.717) is 16.9 Å². The molecule has 0 bridgehead atoms. The van der Waals surface area contributed by atoms with Crippen molar-refractivity contribution in [3.05, 3.63) is 47.6 Å². The van der Waals surface area contributed by atoms with E-state index in [9.17, 15) is 4.79 Å². The average molecular weight is 383 g/mol. The van der Waals surface area contributed by atoms with Crippen LogP contribution in [0.2, 0.25) is 0 Å². The van der Waals surface area contributed by atoms with Gasteiger partial charge in [0.25, 0.3) is 5.91 Å². The summed E-state index contributed by atoms with van der Waals surface area (Å²) in [7, 11) is 1.63. The number of carbonyl (C=O) groups excluding carboxylic acids is 1. The van der Waals surface area contributed by atoms with Crippen molar-refractivity contribution >= 4 is 22.4 Å². The van der Waals surface area contributed by atoms with E-state index in [1.54, 1.807) is 13.2 Å². The van der Waals surface area contributed by atoms with Crippen molar-refractivity contribution in [2.75, 3.05) is 25.5 Å². The highest BCUT2D eigenvalue weighted by Gasteiger charge is 2.18. The van der Waals surface area contributed by atoms with Gasteiger partial charge in [-0.15, -0.1) is 11.3 Å². The number of hydrogen-bond donors (Lipinski definition) is 2. The number of piperidine rings is 1. The summed E-state index contributed by atoms with van der Waals surface area (Å²) in [6.45, 7) is 1.93. The number of rotatable bonds is 5. The second-order valence-corrected chi connectivity index (χ2v) is 7.23. The third-order valence-electron chi connectivity index (χ3n) is 4.59. The maximum absolute atomic E-state index is 12.5. The highest BCUT2D eigenvalue weighted by molar-refractivity contribution is 7.14. The van der Waals surface area contributed by atoms with Crippen molar-refractivity contribution < 1.29 is 9.53 Å². The minimum atomic E-state index is -0.251. The molecule has 0 saturated carbocycles. The van der Waals surface area contributed by atoms with Gasteiger partial charge in [-0.25, -0.2) is 4.98 Å². The molecule has 2 aromatic heterocycles. The van der Waals surface area contributed by atoms with Crippen LogP contribution in [0.25, 0.3) is 11.3 Å². The summed E-state index contributed by atoms with van der Waals surface area (Å²) < 4.78 is 7.26. The monoisotopic (exact) mass is 383 g/mol. The van der Waals surface area contributed by atoms with E-state index in [-0.39, 0.29) is 5.91 Å². The van der Waals surface area contributed by atoms with Crippen LogP contribution in [-0.2, 0) is 0 Å². The molecule has 0 radical (unpaired) electrons. The van der Waals surface area contributed by atoms with E-state index < -0.39 is 0 Å². The zero-order valence-corrected chi connectivity index (χ0v) is 15.8. The van der Waals surface area contributed by atoms with Crippen LogP contribution in [0.3, 0.4) is 0 Å². The summed E-state index contributed by atoms with van der Waals surface area (Å²) in [6.07, 6.45) is 4.07. The Bertz CT molecular complexity index is 930. The van der Waals surface area contributed by atoms with Crippen molar-refractivity contribution in [2.45, 2.75) is 18.9 Å². The molecule has 1 saturated heterocycles. The Morgan fingerprint density at radius 2 is 2.26 bits per heavy atom. The van der Waals surface area contributed by atoms with Gasteiger partial charge in [-0.2, -0.15) is 5.10 Å². The topological polar surface area (TPSA) is 81.1 Å². The fourth-order valence-corrected chi connectivity index (χ4v) is 3.90. The van der Waals surface area contributed by atoms with E-state index in [2.05, 4.69) is 20.7 Å². The van der Waals surface area contributed by atoms with Crippen molar-refractivity contribution in [1.29, 1.82) is 0 Å². The molecule has 1 unspecified atom stereocenters. The number of nitrogens with one attached hydrogen (secondary N) is 2. The van der Waals surface area contributed by atoms with Gasteiger partial charge in [0.05, 0.1) is 18.8 Å². The van der Waals surface area contributed by atoms with Crippen LogP contribution in [0.1, 0.15) is 29.4 Å². The van der Waals surface area contributed by atoms with Crippen molar-refractivity contribution in [1.82, 2.24) is 20.1 Å². The lowest BCUT2D eigenvalue weighted by Crippen LogP contribution is -2.32. The van der Waals surface area contributed by atoms with E-state index in [0.717, 1.165) is 42.9 Å². The molecule has 1 atom stereocenters. The number of hydrogen-bond acceptors (Lipinski definition) is 6. The van der Waals surface area contributed by atoms with Gasteiger partial charge in [-0.05, 0) is 37.6 Å². The van der Waals surface area contributed by atoms with Gasteiger partial charge in [0.15, 0.2) is 10.8 Å². The summed E-state index contributed by atoms with van der Waals surface area (Å²) in [5.74, 6) is 0.499. The molecule has 2 N–H and O–H groups in total. The summed E-state index contributed by atoms with van der Waals surface area (Å²) in [4.78, 5) is 17.0.